The van der Waals surface area contributed by atoms with Gasteiger partial charge >= 0.3 is 5.97 Å². The lowest BCUT2D eigenvalue weighted by molar-refractivity contribution is 0.0600. The van der Waals surface area contributed by atoms with Crippen LogP contribution in [0.15, 0.2) is 29.3 Å². The number of hydrogen-bond acceptors (Lipinski definition) is 4. The monoisotopic (exact) mass is 347 g/mol. The van der Waals surface area contributed by atoms with Gasteiger partial charge in [0.1, 0.15) is 0 Å². The van der Waals surface area contributed by atoms with Crippen molar-refractivity contribution in [1.82, 2.24) is 10.2 Å². The lowest BCUT2D eigenvalue weighted by Gasteiger charge is -2.26. The molecular weight excluding hydrogens is 318 g/mol. The summed E-state index contributed by atoms with van der Waals surface area (Å²) in [6.45, 7) is 3.42. The number of nitrogens with one attached hydrogen (secondary N) is 1. The third-order valence-electron chi connectivity index (χ3n) is 4.61. The van der Waals surface area contributed by atoms with Crippen molar-refractivity contribution in [3.05, 3.63) is 35.4 Å². The summed E-state index contributed by atoms with van der Waals surface area (Å²) in [7, 11) is 5.25. The molecule has 2 rings (SSSR count). The molecule has 1 heterocycles. The fourth-order valence-corrected chi connectivity index (χ4v) is 2.96. The predicted octanol–water partition coefficient (Wildman–Crippen LogP) is 2.30. The van der Waals surface area contributed by atoms with Crippen molar-refractivity contribution in [2.24, 2.45) is 10.9 Å². The Kier molecular flexibility index (Phi) is 7.73. The number of ether oxygens (including phenoxy) is 2. The third kappa shape index (κ3) is 6.05. The highest BCUT2D eigenvalue weighted by atomic mass is 16.5. The summed E-state index contributed by atoms with van der Waals surface area (Å²) in [5, 5.41) is 3.37. The van der Waals surface area contributed by atoms with Gasteiger partial charge in [-0.15, -0.1) is 0 Å². The Morgan fingerprint density at radius 3 is 2.60 bits per heavy atom. The van der Waals surface area contributed by atoms with Gasteiger partial charge in [-0.1, -0.05) is 12.1 Å². The van der Waals surface area contributed by atoms with E-state index < -0.39 is 0 Å². The molecule has 0 aromatic heterocycles. The van der Waals surface area contributed by atoms with Crippen LogP contribution in [0.4, 0.5) is 0 Å². The fourth-order valence-electron chi connectivity index (χ4n) is 2.96. The standard InChI is InChI=1S/C19H29N3O3/c1-20-19(22(2)11-8-15-9-12-25-13-10-15)21-14-16-4-6-17(7-5-16)18(23)24-3/h4-7,15H,8-14H2,1-3H3,(H,20,21). The van der Waals surface area contributed by atoms with E-state index in [9.17, 15) is 4.79 Å². The van der Waals surface area contributed by atoms with Gasteiger partial charge in [-0.05, 0) is 42.9 Å². The third-order valence-corrected chi connectivity index (χ3v) is 4.61. The first-order valence-electron chi connectivity index (χ1n) is 8.80. The van der Waals surface area contributed by atoms with Crippen LogP contribution < -0.4 is 5.32 Å². The molecule has 1 aromatic carbocycles. The fraction of sp³-hybridized carbons (Fsp3) is 0.579. The maximum atomic E-state index is 11.5. The summed E-state index contributed by atoms with van der Waals surface area (Å²) in [6, 6.07) is 7.41. The number of guanidine groups is 1. The number of methoxy groups -OCH3 is 1. The molecule has 0 aliphatic carbocycles. The van der Waals surface area contributed by atoms with Crippen LogP contribution in [0.2, 0.25) is 0 Å². The van der Waals surface area contributed by atoms with Crippen LogP contribution in [-0.2, 0) is 16.0 Å². The molecule has 25 heavy (non-hydrogen) atoms. The Morgan fingerprint density at radius 2 is 2.00 bits per heavy atom. The largest absolute Gasteiger partial charge is 0.465 e. The van der Waals surface area contributed by atoms with Gasteiger partial charge in [-0.2, -0.15) is 0 Å². The van der Waals surface area contributed by atoms with Gasteiger partial charge in [0, 0.05) is 40.4 Å². The zero-order valence-corrected chi connectivity index (χ0v) is 15.5. The highest BCUT2D eigenvalue weighted by molar-refractivity contribution is 5.89. The molecule has 1 saturated heterocycles. The number of benzene rings is 1. The number of carbonyl (C=O) groups excluding carboxylic acids is 1. The first-order chi connectivity index (χ1) is 12.1. The second-order valence-electron chi connectivity index (χ2n) is 6.36. The van der Waals surface area contributed by atoms with Gasteiger partial charge in [0.15, 0.2) is 5.96 Å². The van der Waals surface area contributed by atoms with Gasteiger partial charge in [0.2, 0.25) is 0 Å². The molecule has 0 unspecified atom stereocenters. The summed E-state index contributed by atoms with van der Waals surface area (Å²) in [5.41, 5.74) is 1.65. The second kappa shape index (κ2) is 10.0. The number of hydrogen-bond donors (Lipinski definition) is 1. The van der Waals surface area contributed by atoms with Crippen molar-refractivity contribution in [2.75, 3.05) is 41.0 Å². The molecule has 6 nitrogen and oxygen atoms in total. The maximum Gasteiger partial charge on any atom is 0.337 e. The number of nitrogens with zero attached hydrogens (tertiary/aromatic N) is 2. The Labute approximate surface area is 150 Å². The van der Waals surface area contributed by atoms with Crippen molar-refractivity contribution in [2.45, 2.75) is 25.8 Å². The molecule has 1 N–H and O–H groups in total. The highest BCUT2D eigenvalue weighted by Crippen LogP contribution is 2.18. The average molecular weight is 347 g/mol. The Balaban J connectivity index is 1.79. The SMILES string of the molecule is CN=C(NCc1ccc(C(=O)OC)cc1)N(C)CCC1CCOCC1. The van der Waals surface area contributed by atoms with E-state index in [1.807, 2.05) is 12.1 Å². The van der Waals surface area contributed by atoms with Crippen LogP contribution in [0, 0.1) is 5.92 Å². The van der Waals surface area contributed by atoms with E-state index in [0.717, 1.165) is 56.5 Å². The minimum atomic E-state index is -0.317. The van der Waals surface area contributed by atoms with E-state index in [2.05, 4.69) is 22.3 Å². The molecule has 6 heteroatoms. The lowest BCUT2D eigenvalue weighted by atomic mass is 9.96. The summed E-state index contributed by atoms with van der Waals surface area (Å²) < 4.78 is 10.1. The molecule has 1 fully saturated rings. The molecule has 0 atom stereocenters. The first kappa shape index (κ1) is 19.2. The van der Waals surface area contributed by atoms with Gasteiger partial charge in [0.05, 0.1) is 12.7 Å². The van der Waals surface area contributed by atoms with Gasteiger partial charge in [-0.3, -0.25) is 4.99 Å². The summed E-state index contributed by atoms with van der Waals surface area (Å²) in [5.74, 6) is 1.31. The highest BCUT2D eigenvalue weighted by Gasteiger charge is 2.15. The Morgan fingerprint density at radius 1 is 1.32 bits per heavy atom. The van der Waals surface area contributed by atoms with E-state index in [4.69, 9.17) is 9.47 Å². The smallest absolute Gasteiger partial charge is 0.337 e. The second-order valence-corrected chi connectivity index (χ2v) is 6.36. The van der Waals surface area contributed by atoms with Crippen molar-refractivity contribution in [3.8, 4) is 0 Å². The summed E-state index contributed by atoms with van der Waals surface area (Å²) in [4.78, 5) is 18.0. The van der Waals surface area contributed by atoms with Crippen molar-refractivity contribution >= 4 is 11.9 Å². The topological polar surface area (TPSA) is 63.2 Å². The van der Waals surface area contributed by atoms with Crippen molar-refractivity contribution in [3.63, 3.8) is 0 Å². The van der Waals surface area contributed by atoms with E-state index in [1.54, 1.807) is 19.2 Å². The molecule has 0 spiro atoms. The molecule has 0 amide bonds. The van der Waals surface area contributed by atoms with E-state index in [0.29, 0.717) is 12.1 Å². The minimum Gasteiger partial charge on any atom is -0.465 e. The number of carbonyl (C=O) groups is 1. The van der Waals surface area contributed by atoms with Crippen LogP contribution in [0.3, 0.4) is 0 Å². The molecule has 1 aliphatic heterocycles. The molecule has 1 aromatic rings. The lowest BCUT2D eigenvalue weighted by Crippen LogP contribution is -2.39. The van der Waals surface area contributed by atoms with Gasteiger partial charge in [0.25, 0.3) is 0 Å². The van der Waals surface area contributed by atoms with Gasteiger partial charge in [-0.25, -0.2) is 4.79 Å². The molecule has 1 aliphatic rings. The van der Waals surface area contributed by atoms with Crippen LogP contribution in [0.25, 0.3) is 0 Å². The molecule has 0 saturated carbocycles. The van der Waals surface area contributed by atoms with Crippen LogP contribution in [0.5, 0.6) is 0 Å². The van der Waals surface area contributed by atoms with Crippen LogP contribution in [0.1, 0.15) is 35.2 Å². The molecule has 138 valence electrons. The van der Waals surface area contributed by atoms with Crippen molar-refractivity contribution < 1.29 is 14.3 Å². The zero-order valence-electron chi connectivity index (χ0n) is 15.5. The van der Waals surface area contributed by atoms with Crippen LogP contribution >= 0.6 is 0 Å². The number of esters is 1. The number of aliphatic imine (C=N–C) groups is 1. The maximum absolute atomic E-state index is 11.5. The molecule has 0 bridgehead atoms. The van der Waals surface area contributed by atoms with E-state index >= 15 is 0 Å². The van der Waals surface area contributed by atoms with E-state index in [1.165, 1.54) is 7.11 Å². The van der Waals surface area contributed by atoms with E-state index in [-0.39, 0.29) is 5.97 Å². The molecule has 0 radical (unpaired) electrons. The number of rotatable bonds is 6. The van der Waals surface area contributed by atoms with Gasteiger partial charge < -0.3 is 19.7 Å². The summed E-state index contributed by atoms with van der Waals surface area (Å²) >= 11 is 0. The summed E-state index contributed by atoms with van der Waals surface area (Å²) in [6.07, 6.45) is 3.48. The predicted molar refractivity (Wildman–Crippen MR) is 98.8 cm³/mol. The Hall–Kier alpha value is -2.08. The normalized spacial score (nSPS) is 15.7. The van der Waals surface area contributed by atoms with Crippen molar-refractivity contribution in [1.29, 1.82) is 0 Å². The minimum absolute atomic E-state index is 0.317. The molecular formula is C19H29N3O3. The average Bonchev–Trinajstić information content (AvgIpc) is 2.67. The quantitative estimate of drug-likeness (QED) is 0.486. The first-order valence-corrected chi connectivity index (χ1v) is 8.80. The zero-order chi connectivity index (χ0) is 18.1. The Bertz CT molecular complexity index is 566. The van der Waals surface area contributed by atoms with Crippen LogP contribution in [-0.4, -0.2) is 57.8 Å².